The zero-order valence-electron chi connectivity index (χ0n) is 11.9. The van der Waals surface area contributed by atoms with Gasteiger partial charge in [-0.05, 0) is 19.4 Å². The molecule has 0 aliphatic rings. The molecule has 0 saturated carbocycles. The van der Waals surface area contributed by atoms with Gasteiger partial charge in [0.1, 0.15) is 0 Å². The molecule has 0 fully saturated rings. The zero-order chi connectivity index (χ0) is 15.8. The molecule has 0 atom stereocenters. The van der Waals surface area contributed by atoms with Crippen LogP contribution in [0.3, 0.4) is 0 Å². The average molecular weight is 294 g/mol. The molecule has 3 N–H and O–H groups in total. The number of carbonyl (C=O) groups excluding carboxylic acids is 2. The maximum absolute atomic E-state index is 11.6. The maximum Gasteiger partial charge on any atom is 0.319 e. The molecule has 8 nitrogen and oxygen atoms in total. The van der Waals surface area contributed by atoms with Crippen molar-refractivity contribution in [2.75, 3.05) is 18.4 Å². The molecule has 114 valence electrons. The van der Waals surface area contributed by atoms with Crippen molar-refractivity contribution >= 4 is 23.3 Å². The summed E-state index contributed by atoms with van der Waals surface area (Å²) in [7, 11) is 0. The number of benzene rings is 1. The van der Waals surface area contributed by atoms with Crippen LogP contribution in [0.5, 0.6) is 0 Å². The first-order valence-electron chi connectivity index (χ1n) is 6.50. The number of nitro groups is 1. The highest BCUT2D eigenvalue weighted by Crippen LogP contribution is 2.22. The molecule has 0 spiro atoms. The number of rotatable bonds is 6. The van der Waals surface area contributed by atoms with E-state index in [9.17, 15) is 19.7 Å². The standard InChI is InChI=1S/C13H18N4O4/c1-3-6-14-12(18)8-15-13(19)16-10-5-4-9(2)11(7-10)17(20)21/h4-5,7H,3,6,8H2,1-2H3,(H,14,18)(H2,15,16,19). The van der Waals surface area contributed by atoms with Crippen LogP contribution in [-0.4, -0.2) is 30.0 Å². The van der Waals surface area contributed by atoms with E-state index >= 15 is 0 Å². The van der Waals surface area contributed by atoms with Crippen LogP contribution in [0.1, 0.15) is 18.9 Å². The summed E-state index contributed by atoms with van der Waals surface area (Å²) in [6.07, 6.45) is 0.810. The number of hydrogen-bond acceptors (Lipinski definition) is 4. The van der Waals surface area contributed by atoms with Gasteiger partial charge >= 0.3 is 6.03 Å². The molecule has 0 aromatic heterocycles. The molecule has 0 heterocycles. The van der Waals surface area contributed by atoms with E-state index in [-0.39, 0.29) is 18.1 Å². The van der Waals surface area contributed by atoms with E-state index < -0.39 is 11.0 Å². The Morgan fingerprint density at radius 2 is 2.00 bits per heavy atom. The molecule has 0 aliphatic carbocycles. The van der Waals surface area contributed by atoms with E-state index in [1.54, 1.807) is 19.1 Å². The van der Waals surface area contributed by atoms with Gasteiger partial charge in [0.05, 0.1) is 11.5 Å². The zero-order valence-corrected chi connectivity index (χ0v) is 11.9. The van der Waals surface area contributed by atoms with Gasteiger partial charge in [-0.15, -0.1) is 0 Å². The fraction of sp³-hybridized carbons (Fsp3) is 0.385. The summed E-state index contributed by atoms with van der Waals surface area (Å²) in [5.41, 5.74) is 0.720. The second kappa shape index (κ2) is 7.83. The lowest BCUT2D eigenvalue weighted by Gasteiger charge is -2.08. The van der Waals surface area contributed by atoms with Crippen molar-refractivity contribution in [2.24, 2.45) is 0 Å². The lowest BCUT2D eigenvalue weighted by atomic mass is 10.2. The summed E-state index contributed by atoms with van der Waals surface area (Å²) < 4.78 is 0. The maximum atomic E-state index is 11.6. The van der Waals surface area contributed by atoms with Gasteiger partial charge in [-0.2, -0.15) is 0 Å². The predicted molar refractivity (Wildman–Crippen MR) is 78.2 cm³/mol. The lowest BCUT2D eigenvalue weighted by Crippen LogP contribution is -2.39. The Kier molecular flexibility index (Phi) is 6.12. The van der Waals surface area contributed by atoms with Crippen molar-refractivity contribution in [3.8, 4) is 0 Å². The van der Waals surface area contributed by atoms with E-state index in [1.807, 2.05) is 6.92 Å². The minimum Gasteiger partial charge on any atom is -0.355 e. The van der Waals surface area contributed by atoms with E-state index in [2.05, 4.69) is 16.0 Å². The fourth-order valence-electron chi connectivity index (χ4n) is 1.55. The third-order valence-corrected chi connectivity index (χ3v) is 2.65. The number of carbonyl (C=O) groups is 2. The molecule has 21 heavy (non-hydrogen) atoms. The summed E-state index contributed by atoms with van der Waals surface area (Å²) in [6.45, 7) is 3.93. The largest absolute Gasteiger partial charge is 0.355 e. The number of nitrogens with zero attached hydrogens (tertiary/aromatic N) is 1. The van der Waals surface area contributed by atoms with Gasteiger partial charge in [0.2, 0.25) is 5.91 Å². The number of urea groups is 1. The quantitative estimate of drug-likeness (QED) is 0.545. The molecule has 0 aliphatic heterocycles. The number of nitrogens with one attached hydrogen (secondary N) is 3. The Labute approximate surface area is 122 Å². The van der Waals surface area contributed by atoms with Gasteiger partial charge in [-0.3, -0.25) is 14.9 Å². The molecular formula is C13H18N4O4. The second-order valence-corrected chi connectivity index (χ2v) is 4.42. The van der Waals surface area contributed by atoms with Gasteiger partial charge in [-0.1, -0.05) is 13.0 Å². The Morgan fingerprint density at radius 3 is 2.62 bits per heavy atom. The fourth-order valence-corrected chi connectivity index (χ4v) is 1.55. The van der Waals surface area contributed by atoms with Crippen molar-refractivity contribution < 1.29 is 14.5 Å². The topological polar surface area (TPSA) is 113 Å². The van der Waals surface area contributed by atoms with Crippen molar-refractivity contribution in [2.45, 2.75) is 20.3 Å². The Morgan fingerprint density at radius 1 is 1.29 bits per heavy atom. The first kappa shape index (κ1) is 16.4. The number of amides is 3. The predicted octanol–water partition coefficient (Wildman–Crippen LogP) is 1.55. The van der Waals surface area contributed by atoms with Gasteiger partial charge in [0.25, 0.3) is 5.69 Å². The summed E-state index contributed by atoms with van der Waals surface area (Å²) in [4.78, 5) is 33.2. The molecule has 1 aromatic rings. The lowest BCUT2D eigenvalue weighted by molar-refractivity contribution is -0.385. The normalized spacial score (nSPS) is 9.81. The number of hydrogen-bond donors (Lipinski definition) is 3. The van der Waals surface area contributed by atoms with E-state index in [1.165, 1.54) is 6.07 Å². The van der Waals surface area contributed by atoms with Gasteiger partial charge in [0, 0.05) is 23.9 Å². The van der Waals surface area contributed by atoms with Crippen LogP contribution in [-0.2, 0) is 4.79 Å². The molecule has 8 heteroatoms. The van der Waals surface area contributed by atoms with Crippen molar-refractivity contribution in [1.29, 1.82) is 0 Å². The first-order chi connectivity index (χ1) is 9.93. The molecule has 0 saturated heterocycles. The Hall–Kier alpha value is -2.64. The molecule has 1 aromatic carbocycles. The van der Waals surface area contributed by atoms with Crippen molar-refractivity contribution in [3.05, 3.63) is 33.9 Å². The van der Waals surface area contributed by atoms with E-state index in [0.717, 1.165) is 6.42 Å². The van der Waals surface area contributed by atoms with Crippen LogP contribution in [0.2, 0.25) is 0 Å². The van der Waals surface area contributed by atoms with Crippen LogP contribution < -0.4 is 16.0 Å². The number of aryl methyl sites for hydroxylation is 1. The minimum absolute atomic E-state index is 0.0755. The smallest absolute Gasteiger partial charge is 0.319 e. The first-order valence-corrected chi connectivity index (χ1v) is 6.50. The summed E-state index contributed by atoms with van der Waals surface area (Å²) in [6, 6.07) is 3.77. The van der Waals surface area contributed by atoms with Crippen LogP contribution in [0.25, 0.3) is 0 Å². The molecular weight excluding hydrogens is 276 g/mol. The third-order valence-electron chi connectivity index (χ3n) is 2.65. The van der Waals surface area contributed by atoms with Crippen LogP contribution in [0, 0.1) is 17.0 Å². The SMILES string of the molecule is CCCNC(=O)CNC(=O)Nc1ccc(C)c([N+](=O)[O-])c1. The molecule has 3 amide bonds. The van der Waals surface area contributed by atoms with Crippen molar-refractivity contribution in [1.82, 2.24) is 10.6 Å². The Balaban J connectivity index is 2.53. The number of nitro benzene ring substituents is 1. The van der Waals surface area contributed by atoms with Crippen LogP contribution in [0.4, 0.5) is 16.2 Å². The summed E-state index contributed by atoms with van der Waals surface area (Å²) in [5, 5.41) is 18.2. The minimum atomic E-state index is -0.597. The molecule has 0 bridgehead atoms. The third kappa shape index (κ3) is 5.47. The summed E-state index contributed by atoms with van der Waals surface area (Å²) in [5.74, 6) is -0.290. The number of anilines is 1. The highest BCUT2D eigenvalue weighted by atomic mass is 16.6. The second-order valence-electron chi connectivity index (χ2n) is 4.42. The highest BCUT2D eigenvalue weighted by molar-refractivity contribution is 5.92. The summed E-state index contributed by atoms with van der Waals surface area (Å²) >= 11 is 0. The van der Waals surface area contributed by atoms with E-state index in [4.69, 9.17) is 0 Å². The molecule has 0 radical (unpaired) electrons. The molecule has 0 unspecified atom stereocenters. The van der Waals surface area contributed by atoms with Crippen LogP contribution in [0.15, 0.2) is 18.2 Å². The van der Waals surface area contributed by atoms with E-state index in [0.29, 0.717) is 17.8 Å². The Bertz CT molecular complexity index is 545. The van der Waals surface area contributed by atoms with Gasteiger partial charge < -0.3 is 16.0 Å². The monoisotopic (exact) mass is 294 g/mol. The van der Waals surface area contributed by atoms with Gasteiger partial charge in [-0.25, -0.2) is 4.79 Å². The van der Waals surface area contributed by atoms with Crippen molar-refractivity contribution in [3.63, 3.8) is 0 Å². The highest BCUT2D eigenvalue weighted by Gasteiger charge is 2.12. The average Bonchev–Trinajstić information content (AvgIpc) is 2.44. The molecule has 1 rings (SSSR count). The van der Waals surface area contributed by atoms with Crippen LogP contribution >= 0.6 is 0 Å². The van der Waals surface area contributed by atoms with Gasteiger partial charge in [0.15, 0.2) is 0 Å².